The van der Waals surface area contributed by atoms with Crippen molar-refractivity contribution in [3.63, 3.8) is 0 Å². The number of anilines is 1. The molecule has 1 saturated heterocycles. The first-order valence-electron chi connectivity index (χ1n) is 13.3. The molecule has 0 spiro atoms. The van der Waals surface area contributed by atoms with Crippen LogP contribution < -0.4 is 5.32 Å². The maximum absolute atomic E-state index is 13.8. The number of hydrogen-bond acceptors (Lipinski definition) is 10. The molecule has 3 aliphatic rings. The molecule has 2 N–H and O–H groups in total. The third kappa shape index (κ3) is 5.22. The van der Waals surface area contributed by atoms with Gasteiger partial charge in [0.05, 0.1) is 25.4 Å². The van der Waals surface area contributed by atoms with Gasteiger partial charge in [0.1, 0.15) is 12.2 Å². The topological polar surface area (TPSA) is 116 Å². The molecule has 13 heteroatoms. The van der Waals surface area contributed by atoms with Crippen LogP contribution in [-0.4, -0.2) is 79.2 Å². The third-order valence-corrected chi connectivity index (χ3v) is 8.40. The normalized spacial score (nSPS) is 29.2. The molecule has 2 saturated carbocycles. The molecule has 2 aliphatic carbocycles. The number of fused-ring (bicyclic) bond motifs is 2. The standard InChI is InChI=1S/C26H32F2N6O4S/c1-4-9-39-25-30-23(29-17-11-14(17)13-5-6-15(27)16(28)10-13)20-24(31-25)34(33-32-20)18-12-19(36-8-7-35)22-21(18)37-26(2,3)38-22/h5-6,10,14,17-19,21-22,35H,4,7-9,11-12H2,1-3H3,(H,29,30,31)/t14-,17+,18+,19-,21?,22?/m0/s1. The summed E-state index contributed by atoms with van der Waals surface area (Å²) in [6.07, 6.45) is 1.38. The maximum Gasteiger partial charge on any atom is 0.191 e. The highest BCUT2D eigenvalue weighted by Crippen LogP contribution is 2.46. The largest absolute Gasteiger partial charge is 0.394 e. The molecule has 3 heterocycles. The fraction of sp³-hybridized carbons (Fsp3) is 0.615. The average Bonchev–Trinajstić information content (AvgIpc) is 3.24. The molecule has 0 bridgehead atoms. The fourth-order valence-corrected chi connectivity index (χ4v) is 6.24. The summed E-state index contributed by atoms with van der Waals surface area (Å²) >= 11 is 1.55. The lowest BCUT2D eigenvalue weighted by atomic mass is 10.1. The Balaban J connectivity index is 1.31. The molecular formula is C26H32F2N6O4S. The van der Waals surface area contributed by atoms with Gasteiger partial charge in [0.15, 0.2) is 39.6 Å². The van der Waals surface area contributed by atoms with Crippen LogP contribution in [0.5, 0.6) is 0 Å². The van der Waals surface area contributed by atoms with Crippen molar-refractivity contribution in [2.45, 2.75) is 87.3 Å². The number of benzene rings is 1. The van der Waals surface area contributed by atoms with E-state index in [1.807, 2.05) is 13.8 Å². The van der Waals surface area contributed by atoms with Crippen LogP contribution in [0, 0.1) is 11.6 Å². The molecule has 2 unspecified atom stereocenters. The molecule has 0 radical (unpaired) electrons. The summed E-state index contributed by atoms with van der Waals surface area (Å²) in [5, 5.41) is 22.3. The van der Waals surface area contributed by atoms with Crippen LogP contribution in [0.25, 0.3) is 11.2 Å². The van der Waals surface area contributed by atoms with Crippen molar-refractivity contribution in [1.82, 2.24) is 25.0 Å². The van der Waals surface area contributed by atoms with Crippen LogP contribution in [0.4, 0.5) is 14.6 Å². The van der Waals surface area contributed by atoms with Crippen LogP contribution in [0.2, 0.25) is 0 Å². The van der Waals surface area contributed by atoms with E-state index in [1.165, 1.54) is 6.07 Å². The number of aliphatic hydroxyl groups is 1. The van der Waals surface area contributed by atoms with Gasteiger partial charge in [-0.15, -0.1) is 5.10 Å². The lowest BCUT2D eigenvalue weighted by Crippen LogP contribution is -2.31. The van der Waals surface area contributed by atoms with E-state index in [4.69, 9.17) is 24.2 Å². The van der Waals surface area contributed by atoms with Gasteiger partial charge >= 0.3 is 0 Å². The number of hydrogen-bond donors (Lipinski definition) is 2. The number of nitrogens with zero attached hydrogens (tertiary/aromatic N) is 5. The Hall–Kier alpha value is -2.45. The highest BCUT2D eigenvalue weighted by atomic mass is 32.2. The number of nitrogens with one attached hydrogen (secondary N) is 1. The molecule has 6 rings (SSSR count). The van der Waals surface area contributed by atoms with Gasteiger partial charge in [-0.3, -0.25) is 0 Å². The molecule has 6 atom stereocenters. The van der Waals surface area contributed by atoms with Gasteiger partial charge in [-0.1, -0.05) is 30.0 Å². The number of aliphatic hydroxyl groups excluding tert-OH is 1. The minimum absolute atomic E-state index is 0.00150. The summed E-state index contributed by atoms with van der Waals surface area (Å²) < 4.78 is 47.4. The van der Waals surface area contributed by atoms with Gasteiger partial charge in [0, 0.05) is 24.1 Å². The first-order chi connectivity index (χ1) is 18.8. The lowest BCUT2D eigenvalue weighted by molar-refractivity contribution is -0.171. The van der Waals surface area contributed by atoms with Crippen molar-refractivity contribution >= 4 is 28.7 Å². The smallest absolute Gasteiger partial charge is 0.191 e. The third-order valence-electron chi connectivity index (χ3n) is 7.34. The van der Waals surface area contributed by atoms with Gasteiger partial charge in [-0.2, -0.15) is 0 Å². The lowest BCUT2D eigenvalue weighted by Gasteiger charge is -2.23. The Morgan fingerprint density at radius 1 is 1.18 bits per heavy atom. The number of halogens is 2. The second kappa shape index (κ2) is 10.5. The van der Waals surface area contributed by atoms with Gasteiger partial charge in [-0.05, 0) is 44.4 Å². The number of thioether (sulfide) groups is 1. The highest BCUT2D eigenvalue weighted by Gasteiger charge is 2.56. The Morgan fingerprint density at radius 2 is 2.00 bits per heavy atom. The monoisotopic (exact) mass is 562 g/mol. The maximum atomic E-state index is 13.8. The molecule has 1 aliphatic heterocycles. The summed E-state index contributed by atoms with van der Waals surface area (Å²) in [6.45, 7) is 5.96. The molecule has 3 aromatic rings. The van der Waals surface area contributed by atoms with E-state index in [1.54, 1.807) is 22.5 Å². The quantitative estimate of drug-likeness (QED) is 0.279. The number of ether oxygens (including phenoxy) is 3. The second-order valence-electron chi connectivity index (χ2n) is 10.7. The highest BCUT2D eigenvalue weighted by molar-refractivity contribution is 7.99. The predicted octanol–water partition coefficient (Wildman–Crippen LogP) is 3.81. The zero-order valence-corrected chi connectivity index (χ0v) is 22.8. The summed E-state index contributed by atoms with van der Waals surface area (Å²) in [7, 11) is 0. The summed E-state index contributed by atoms with van der Waals surface area (Å²) in [4.78, 5) is 9.57. The summed E-state index contributed by atoms with van der Waals surface area (Å²) in [5.74, 6) is -1.03. The molecule has 10 nitrogen and oxygen atoms in total. The molecule has 0 amide bonds. The van der Waals surface area contributed by atoms with E-state index in [0.717, 1.165) is 30.2 Å². The minimum atomic E-state index is -0.853. The predicted molar refractivity (Wildman–Crippen MR) is 140 cm³/mol. The zero-order chi connectivity index (χ0) is 27.3. The van der Waals surface area contributed by atoms with E-state index in [0.29, 0.717) is 28.6 Å². The summed E-state index contributed by atoms with van der Waals surface area (Å²) in [5.41, 5.74) is 1.85. The Bertz CT molecular complexity index is 1360. The molecule has 1 aromatic carbocycles. The average molecular weight is 563 g/mol. The Labute approximate surface area is 228 Å². The van der Waals surface area contributed by atoms with Crippen molar-refractivity contribution < 1.29 is 28.1 Å². The van der Waals surface area contributed by atoms with Crippen molar-refractivity contribution in [3.8, 4) is 0 Å². The first kappa shape index (κ1) is 26.8. The molecular weight excluding hydrogens is 530 g/mol. The SMILES string of the molecule is CCCSc1nc(N[C@@H]2C[C@H]2c2ccc(F)c(F)c2)c2nnn([C@@H]3C[C@H](OCCO)C4OC(C)(C)OC43)c2n1. The van der Waals surface area contributed by atoms with Crippen molar-refractivity contribution in [1.29, 1.82) is 0 Å². The van der Waals surface area contributed by atoms with E-state index in [2.05, 4.69) is 22.6 Å². The number of aromatic nitrogens is 5. The van der Waals surface area contributed by atoms with Gasteiger partial charge in [-0.25, -0.2) is 23.4 Å². The van der Waals surface area contributed by atoms with E-state index in [-0.39, 0.29) is 49.5 Å². The van der Waals surface area contributed by atoms with Gasteiger partial charge < -0.3 is 24.6 Å². The van der Waals surface area contributed by atoms with Crippen molar-refractivity contribution in [2.24, 2.45) is 0 Å². The van der Waals surface area contributed by atoms with Crippen LogP contribution >= 0.6 is 11.8 Å². The van der Waals surface area contributed by atoms with E-state index >= 15 is 0 Å². The van der Waals surface area contributed by atoms with Crippen LogP contribution in [0.15, 0.2) is 23.4 Å². The number of rotatable bonds is 10. The molecule has 39 heavy (non-hydrogen) atoms. The Kier molecular flexibility index (Phi) is 7.21. The minimum Gasteiger partial charge on any atom is -0.394 e. The van der Waals surface area contributed by atoms with Crippen LogP contribution in [-0.2, 0) is 14.2 Å². The van der Waals surface area contributed by atoms with E-state index < -0.39 is 17.4 Å². The van der Waals surface area contributed by atoms with Crippen molar-refractivity contribution in [2.75, 3.05) is 24.3 Å². The summed E-state index contributed by atoms with van der Waals surface area (Å²) in [6, 6.07) is 3.80. The molecule has 2 aromatic heterocycles. The van der Waals surface area contributed by atoms with Gasteiger partial charge in [0.25, 0.3) is 0 Å². The van der Waals surface area contributed by atoms with Crippen LogP contribution in [0.1, 0.15) is 57.6 Å². The second-order valence-corrected chi connectivity index (χ2v) is 11.7. The molecule has 210 valence electrons. The zero-order valence-electron chi connectivity index (χ0n) is 22.0. The van der Waals surface area contributed by atoms with E-state index in [9.17, 15) is 13.9 Å². The Morgan fingerprint density at radius 3 is 2.77 bits per heavy atom. The first-order valence-corrected chi connectivity index (χ1v) is 14.3. The van der Waals surface area contributed by atoms with Crippen LogP contribution in [0.3, 0.4) is 0 Å². The van der Waals surface area contributed by atoms with Crippen molar-refractivity contribution in [3.05, 3.63) is 35.4 Å². The fourth-order valence-electron chi connectivity index (χ4n) is 5.55. The molecule has 3 fully saturated rings. The van der Waals surface area contributed by atoms with Gasteiger partial charge in [0.2, 0.25) is 0 Å².